The van der Waals surface area contributed by atoms with Crippen molar-refractivity contribution in [2.24, 2.45) is 0 Å². The highest BCUT2D eigenvalue weighted by molar-refractivity contribution is 8.01. The van der Waals surface area contributed by atoms with Gasteiger partial charge in [0.2, 0.25) is 11.0 Å². The summed E-state index contributed by atoms with van der Waals surface area (Å²) in [4.78, 5) is 14.7. The molecule has 0 aliphatic carbocycles. The summed E-state index contributed by atoms with van der Waals surface area (Å²) in [6.45, 7) is 0.364. The Balaban J connectivity index is 1.40. The third-order valence-electron chi connectivity index (χ3n) is 4.97. The molecule has 1 fully saturated rings. The molecule has 1 N–H and O–H groups in total. The van der Waals surface area contributed by atoms with E-state index in [2.05, 4.69) is 15.5 Å². The van der Waals surface area contributed by atoms with E-state index < -0.39 is 9.84 Å². The Kier molecular flexibility index (Phi) is 7.07. The lowest BCUT2D eigenvalue weighted by Gasteiger charge is -2.28. The number of benzene rings is 2. The number of thioether (sulfide) groups is 1. The van der Waals surface area contributed by atoms with E-state index in [0.29, 0.717) is 28.1 Å². The molecule has 2 aromatic carbocycles. The molecule has 1 atom stereocenters. The average Bonchev–Trinajstić information content (AvgIpc) is 3.36. The highest BCUT2D eigenvalue weighted by Gasteiger charge is 2.34. The van der Waals surface area contributed by atoms with E-state index >= 15 is 0 Å². The molecule has 1 aliphatic heterocycles. The van der Waals surface area contributed by atoms with Gasteiger partial charge in [0.25, 0.3) is 0 Å². The van der Waals surface area contributed by atoms with Gasteiger partial charge in [-0.3, -0.25) is 4.79 Å². The quantitative estimate of drug-likeness (QED) is 0.479. The molecule has 168 valence electrons. The lowest BCUT2D eigenvalue weighted by atomic mass is 10.1. The second-order valence-corrected chi connectivity index (χ2v) is 11.8. The summed E-state index contributed by atoms with van der Waals surface area (Å²) in [5.41, 5.74) is 1.51. The Morgan fingerprint density at radius 3 is 2.72 bits per heavy atom. The number of carbonyl (C=O) groups is 1. The maximum absolute atomic E-state index is 13.3. The van der Waals surface area contributed by atoms with Gasteiger partial charge in [-0.15, -0.1) is 10.2 Å². The van der Waals surface area contributed by atoms with Crippen LogP contribution in [-0.2, 0) is 21.2 Å². The highest BCUT2D eigenvalue weighted by atomic mass is 32.2. The molecule has 0 bridgehead atoms. The number of hydrogen-bond donors (Lipinski definition) is 1. The molecule has 0 spiro atoms. The van der Waals surface area contributed by atoms with Crippen LogP contribution in [0, 0.1) is 5.82 Å². The zero-order valence-electron chi connectivity index (χ0n) is 17.0. The molecular formula is C21H21FN4O3S3. The monoisotopic (exact) mass is 492 g/mol. The Hall–Kier alpha value is -2.50. The standard InChI is InChI=1S/C21H21FN4O3S3/c22-16-7-4-8-17(11-16)23-20-24-25-21(31-20)30-13-19(27)26(12-15-5-2-1-3-6-15)18-9-10-32(28,29)14-18/h1-8,11,18H,9-10,12-14H2,(H,23,24)/t18-/m0/s1. The molecule has 1 saturated heterocycles. The lowest BCUT2D eigenvalue weighted by molar-refractivity contribution is -0.130. The van der Waals surface area contributed by atoms with Gasteiger partial charge < -0.3 is 10.2 Å². The van der Waals surface area contributed by atoms with Crippen LogP contribution >= 0.6 is 23.1 Å². The number of carbonyl (C=O) groups excluding carboxylic acids is 1. The number of hydrogen-bond acceptors (Lipinski definition) is 8. The van der Waals surface area contributed by atoms with Gasteiger partial charge in [-0.25, -0.2) is 12.8 Å². The number of anilines is 2. The molecule has 1 amide bonds. The van der Waals surface area contributed by atoms with Crippen LogP contribution in [0.5, 0.6) is 0 Å². The second-order valence-electron chi connectivity index (χ2n) is 7.36. The van der Waals surface area contributed by atoms with E-state index in [-0.39, 0.29) is 35.0 Å². The maximum atomic E-state index is 13.3. The van der Waals surface area contributed by atoms with Crippen molar-refractivity contribution in [2.75, 3.05) is 22.6 Å². The largest absolute Gasteiger partial charge is 0.334 e. The van der Waals surface area contributed by atoms with Crippen molar-refractivity contribution in [1.82, 2.24) is 15.1 Å². The van der Waals surface area contributed by atoms with Crippen molar-refractivity contribution < 1.29 is 17.6 Å². The van der Waals surface area contributed by atoms with Crippen LogP contribution in [0.1, 0.15) is 12.0 Å². The smallest absolute Gasteiger partial charge is 0.233 e. The van der Waals surface area contributed by atoms with Crippen LogP contribution < -0.4 is 5.32 Å². The lowest BCUT2D eigenvalue weighted by Crippen LogP contribution is -2.41. The predicted molar refractivity (Wildman–Crippen MR) is 124 cm³/mol. The number of aromatic nitrogens is 2. The Labute approximate surface area is 194 Å². The minimum absolute atomic E-state index is 0.00322. The number of nitrogens with zero attached hydrogens (tertiary/aromatic N) is 3. The van der Waals surface area contributed by atoms with Gasteiger partial charge in [0, 0.05) is 18.3 Å². The fourth-order valence-electron chi connectivity index (χ4n) is 3.44. The number of sulfone groups is 1. The zero-order valence-corrected chi connectivity index (χ0v) is 19.4. The van der Waals surface area contributed by atoms with E-state index in [1.165, 1.54) is 35.2 Å². The second kappa shape index (κ2) is 9.97. The summed E-state index contributed by atoms with van der Waals surface area (Å²) in [7, 11) is -3.12. The SMILES string of the molecule is O=C(CSc1nnc(Nc2cccc(F)c2)s1)N(Cc1ccccc1)[C@H]1CCS(=O)(=O)C1. The van der Waals surface area contributed by atoms with E-state index in [9.17, 15) is 17.6 Å². The van der Waals surface area contributed by atoms with E-state index in [1.54, 1.807) is 17.0 Å². The maximum Gasteiger partial charge on any atom is 0.233 e. The molecule has 0 unspecified atom stereocenters. The molecule has 4 rings (SSSR count). The summed E-state index contributed by atoms with van der Waals surface area (Å²) in [5, 5.41) is 11.6. The molecule has 0 radical (unpaired) electrons. The van der Waals surface area contributed by atoms with Gasteiger partial charge >= 0.3 is 0 Å². The van der Waals surface area contributed by atoms with Crippen molar-refractivity contribution in [3.63, 3.8) is 0 Å². The summed E-state index contributed by atoms with van der Waals surface area (Å²) < 4.78 is 37.9. The zero-order chi connectivity index (χ0) is 22.6. The van der Waals surface area contributed by atoms with Crippen LogP contribution in [0.15, 0.2) is 58.9 Å². The van der Waals surface area contributed by atoms with Crippen LogP contribution in [0.2, 0.25) is 0 Å². The van der Waals surface area contributed by atoms with Gasteiger partial charge in [-0.05, 0) is 30.2 Å². The topological polar surface area (TPSA) is 92.3 Å². The first-order chi connectivity index (χ1) is 15.4. The van der Waals surface area contributed by atoms with Gasteiger partial charge in [-0.1, -0.05) is 59.5 Å². The minimum atomic E-state index is -3.12. The van der Waals surface area contributed by atoms with Gasteiger partial charge in [0.05, 0.1) is 17.3 Å². The minimum Gasteiger partial charge on any atom is -0.334 e. The molecule has 0 saturated carbocycles. The third-order valence-corrected chi connectivity index (χ3v) is 8.67. The highest BCUT2D eigenvalue weighted by Crippen LogP contribution is 2.29. The van der Waals surface area contributed by atoms with Crippen LogP contribution in [-0.4, -0.2) is 52.7 Å². The van der Waals surface area contributed by atoms with Crippen LogP contribution in [0.4, 0.5) is 15.2 Å². The van der Waals surface area contributed by atoms with Gasteiger partial charge in [0.15, 0.2) is 14.2 Å². The van der Waals surface area contributed by atoms with Crippen molar-refractivity contribution in [3.05, 3.63) is 66.0 Å². The fraction of sp³-hybridized carbons (Fsp3) is 0.286. The van der Waals surface area contributed by atoms with Crippen molar-refractivity contribution in [2.45, 2.75) is 23.3 Å². The number of halogens is 1. The molecule has 1 aliphatic rings. The first-order valence-corrected chi connectivity index (χ1v) is 13.5. The average molecular weight is 493 g/mol. The third kappa shape index (κ3) is 6.05. The van der Waals surface area contributed by atoms with Crippen molar-refractivity contribution >= 4 is 49.7 Å². The van der Waals surface area contributed by atoms with E-state index in [4.69, 9.17) is 0 Å². The first-order valence-electron chi connectivity index (χ1n) is 9.91. The van der Waals surface area contributed by atoms with Crippen molar-refractivity contribution in [1.29, 1.82) is 0 Å². The predicted octanol–water partition coefficient (Wildman–Crippen LogP) is 3.73. The Morgan fingerprint density at radius 2 is 2.00 bits per heavy atom. The van der Waals surface area contributed by atoms with Crippen LogP contribution in [0.25, 0.3) is 0 Å². The summed E-state index contributed by atoms with van der Waals surface area (Å²) in [6.07, 6.45) is 0.450. The molecule has 1 aromatic heterocycles. The van der Waals surface area contributed by atoms with Crippen molar-refractivity contribution in [3.8, 4) is 0 Å². The molecule has 3 aromatic rings. The molecular weight excluding hydrogens is 471 g/mol. The molecule has 2 heterocycles. The van der Waals surface area contributed by atoms with Gasteiger partial charge in [-0.2, -0.15) is 0 Å². The number of rotatable bonds is 8. The molecule has 11 heteroatoms. The first kappa shape index (κ1) is 22.7. The van der Waals surface area contributed by atoms with Crippen LogP contribution in [0.3, 0.4) is 0 Å². The fourth-order valence-corrected chi connectivity index (χ4v) is 6.83. The Bertz CT molecular complexity index is 1190. The Morgan fingerprint density at radius 1 is 1.19 bits per heavy atom. The molecule has 7 nitrogen and oxygen atoms in total. The normalized spacial score (nSPS) is 17.2. The molecule has 32 heavy (non-hydrogen) atoms. The summed E-state index contributed by atoms with van der Waals surface area (Å²) in [5.74, 6) is -0.271. The van der Waals surface area contributed by atoms with Gasteiger partial charge in [0.1, 0.15) is 5.82 Å². The van der Waals surface area contributed by atoms with E-state index in [1.807, 2.05) is 30.3 Å². The number of amides is 1. The number of nitrogens with one attached hydrogen (secondary N) is 1. The summed E-state index contributed by atoms with van der Waals surface area (Å²) >= 11 is 2.51. The van der Waals surface area contributed by atoms with E-state index in [0.717, 1.165) is 5.56 Å². The summed E-state index contributed by atoms with van der Waals surface area (Å²) in [6, 6.07) is 15.2.